The van der Waals surface area contributed by atoms with Gasteiger partial charge in [0.15, 0.2) is 0 Å². The predicted molar refractivity (Wildman–Crippen MR) is 128 cm³/mol. The predicted octanol–water partition coefficient (Wildman–Crippen LogP) is 4.51. The fraction of sp³-hybridized carbons (Fsp3) is 0.400. The van der Waals surface area contributed by atoms with Gasteiger partial charge in [0.05, 0.1) is 10.0 Å². The van der Waals surface area contributed by atoms with Gasteiger partial charge in [0.1, 0.15) is 11.9 Å². The van der Waals surface area contributed by atoms with Crippen LogP contribution in [0.1, 0.15) is 36.8 Å². The lowest BCUT2D eigenvalue weighted by Crippen LogP contribution is -2.44. The molecule has 2 aromatic carbocycles. The van der Waals surface area contributed by atoms with E-state index in [1.807, 2.05) is 6.07 Å². The van der Waals surface area contributed by atoms with E-state index in [1.165, 1.54) is 24.3 Å². The van der Waals surface area contributed by atoms with Gasteiger partial charge in [-0.1, -0.05) is 41.4 Å². The minimum Gasteiger partial charge on any atom is -0.480 e. The molecule has 1 aliphatic rings. The van der Waals surface area contributed by atoms with E-state index < -0.39 is 17.8 Å². The number of likely N-dealkylation sites (tertiary alicyclic amines) is 1. The van der Waals surface area contributed by atoms with Crippen LogP contribution in [0.25, 0.3) is 0 Å². The molecule has 9 heteroatoms. The summed E-state index contributed by atoms with van der Waals surface area (Å²) >= 11 is 11.9. The monoisotopic (exact) mass is 508 g/mol. The summed E-state index contributed by atoms with van der Waals surface area (Å²) in [5, 5.41) is 13.0. The minimum atomic E-state index is -1.14. The first-order valence-electron chi connectivity index (χ1n) is 11.2. The van der Waals surface area contributed by atoms with Crippen LogP contribution in [0.5, 0.6) is 0 Å². The molecule has 2 amide bonds. The Kier molecular flexibility index (Phi) is 9.30. The molecule has 1 unspecified atom stereocenters. The van der Waals surface area contributed by atoms with Crippen LogP contribution in [0.4, 0.5) is 4.39 Å². The maximum Gasteiger partial charge on any atom is 0.326 e. The summed E-state index contributed by atoms with van der Waals surface area (Å²) in [5.74, 6) is -1.74. The number of nitrogens with one attached hydrogen (secondary N) is 1. The number of carbonyl (C=O) groups excluding carboxylic acids is 2. The Balaban J connectivity index is 1.42. The summed E-state index contributed by atoms with van der Waals surface area (Å²) < 4.78 is 13.1. The van der Waals surface area contributed by atoms with Crippen molar-refractivity contribution in [1.82, 2.24) is 10.2 Å². The molecule has 3 rings (SSSR count). The Hall–Kier alpha value is -2.64. The molecule has 0 saturated carbocycles. The number of carbonyl (C=O) groups is 3. The van der Waals surface area contributed by atoms with Crippen LogP contribution in [0.15, 0.2) is 42.5 Å². The van der Waals surface area contributed by atoms with Gasteiger partial charge in [0.25, 0.3) is 0 Å². The van der Waals surface area contributed by atoms with Gasteiger partial charge in [0, 0.05) is 32.4 Å². The second-order valence-corrected chi connectivity index (χ2v) is 9.38. The van der Waals surface area contributed by atoms with Crippen LogP contribution >= 0.6 is 23.2 Å². The Bertz CT molecular complexity index is 1020. The molecule has 34 heavy (non-hydrogen) atoms. The van der Waals surface area contributed by atoms with Gasteiger partial charge in [-0.05, 0) is 60.6 Å². The van der Waals surface area contributed by atoms with E-state index in [0.29, 0.717) is 54.4 Å². The lowest BCUT2D eigenvalue weighted by Gasteiger charge is -2.32. The molecule has 1 aliphatic heterocycles. The van der Waals surface area contributed by atoms with Gasteiger partial charge in [-0.25, -0.2) is 9.18 Å². The Morgan fingerprint density at radius 3 is 2.29 bits per heavy atom. The molecule has 1 atom stereocenters. The topological polar surface area (TPSA) is 86.7 Å². The number of hydrogen-bond donors (Lipinski definition) is 2. The van der Waals surface area contributed by atoms with Crippen molar-refractivity contribution in [1.29, 1.82) is 0 Å². The van der Waals surface area contributed by atoms with Crippen LogP contribution in [0.3, 0.4) is 0 Å². The minimum absolute atomic E-state index is 0.0548. The molecule has 1 saturated heterocycles. The summed E-state index contributed by atoms with van der Waals surface area (Å²) in [6.07, 6.45) is 2.59. The molecular formula is C25H27Cl2FN2O4. The number of halogens is 3. The van der Waals surface area contributed by atoms with Gasteiger partial charge in [-0.3, -0.25) is 9.59 Å². The molecule has 2 N–H and O–H groups in total. The van der Waals surface area contributed by atoms with E-state index in [1.54, 1.807) is 17.0 Å². The van der Waals surface area contributed by atoms with Crippen molar-refractivity contribution in [2.24, 2.45) is 5.92 Å². The molecule has 0 bridgehead atoms. The van der Waals surface area contributed by atoms with E-state index in [9.17, 15) is 23.9 Å². The third kappa shape index (κ3) is 7.71. The molecule has 182 valence electrons. The second kappa shape index (κ2) is 12.2. The SMILES string of the molecule is O=C(CC1CCN(C(=O)CCc2ccc(Cl)c(Cl)c2)CC1)NC(Cc1ccc(F)cc1)C(=O)O. The van der Waals surface area contributed by atoms with E-state index in [-0.39, 0.29) is 30.6 Å². The Morgan fingerprint density at radius 1 is 1.03 bits per heavy atom. The maximum absolute atomic E-state index is 13.1. The zero-order valence-corrected chi connectivity index (χ0v) is 20.1. The summed E-state index contributed by atoms with van der Waals surface area (Å²) in [7, 11) is 0. The molecule has 1 heterocycles. The number of carboxylic acid groups (broad SMARTS) is 1. The highest BCUT2D eigenvalue weighted by Gasteiger charge is 2.26. The summed E-state index contributed by atoms with van der Waals surface area (Å²) in [6.45, 7) is 1.13. The van der Waals surface area contributed by atoms with Gasteiger partial charge in [-0.2, -0.15) is 0 Å². The van der Waals surface area contributed by atoms with Crippen molar-refractivity contribution in [3.8, 4) is 0 Å². The van der Waals surface area contributed by atoms with E-state index in [2.05, 4.69) is 5.32 Å². The first kappa shape index (κ1) is 26.0. The highest BCUT2D eigenvalue weighted by atomic mass is 35.5. The Labute approximate surface area is 208 Å². The zero-order valence-electron chi connectivity index (χ0n) is 18.6. The number of aryl methyl sites for hydroxylation is 1. The van der Waals surface area contributed by atoms with Gasteiger partial charge >= 0.3 is 5.97 Å². The van der Waals surface area contributed by atoms with Crippen molar-refractivity contribution in [3.05, 3.63) is 69.5 Å². The third-order valence-corrected chi connectivity index (χ3v) is 6.78. The summed E-state index contributed by atoms with van der Waals surface area (Å²) in [4.78, 5) is 38.4. The van der Waals surface area contributed by atoms with Crippen LogP contribution in [-0.4, -0.2) is 46.9 Å². The van der Waals surface area contributed by atoms with Crippen molar-refractivity contribution >= 4 is 41.0 Å². The zero-order chi connectivity index (χ0) is 24.7. The van der Waals surface area contributed by atoms with Gasteiger partial charge in [0.2, 0.25) is 11.8 Å². The first-order valence-corrected chi connectivity index (χ1v) is 11.9. The lowest BCUT2D eigenvalue weighted by atomic mass is 9.92. The smallest absolute Gasteiger partial charge is 0.326 e. The van der Waals surface area contributed by atoms with Crippen molar-refractivity contribution in [2.75, 3.05) is 13.1 Å². The molecule has 0 spiro atoms. The lowest BCUT2D eigenvalue weighted by molar-refractivity contribution is -0.142. The first-order chi connectivity index (χ1) is 16.2. The number of carboxylic acids is 1. The van der Waals surface area contributed by atoms with Crippen LogP contribution in [0, 0.1) is 11.7 Å². The second-order valence-electron chi connectivity index (χ2n) is 8.57. The van der Waals surface area contributed by atoms with Crippen LogP contribution in [0.2, 0.25) is 10.0 Å². The maximum atomic E-state index is 13.1. The number of hydrogen-bond acceptors (Lipinski definition) is 3. The normalized spacial score (nSPS) is 15.1. The van der Waals surface area contributed by atoms with Crippen molar-refractivity contribution < 1.29 is 23.9 Å². The fourth-order valence-electron chi connectivity index (χ4n) is 4.06. The number of nitrogens with zero attached hydrogens (tertiary/aromatic N) is 1. The molecule has 0 aromatic heterocycles. The number of piperidine rings is 1. The largest absolute Gasteiger partial charge is 0.480 e. The molecule has 1 fully saturated rings. The Morgan fingerprint density at radius 2 is 1.68 bits per heavy atom. The van der Waals surface area contributed by atoms with Gasteiger partial charge < -0.3 is 15.3 Å². The number of aliphatic carboxylic acids is 1. The quantitative estimate of drug-likeness (QED) is 0.521. The van der Waals surface area contributed by atoms with Gasteiger partial charge in [-0.15, -0.1) is 0 Å². The number of rotatable bonds is 9. The molecule has 2 aromatic rings. The average molecular weight is 509 g/mol. The third-order valence-electron chi connectivity index (χ3n) is 6.04. The fourth-order valence-corrected chi connectivity index (χ4v) is 4.38. The molecular weight excluding hydrogens is 482 g/mol. The van der Waals surface area contributed by atoms with Crippen molar-refractivity contribution in [2.45, 2.75) is 44.6 Å². The van der Waals surface area contributed by atoms with Crippen LogP contribution < -0.4 is 5.32 Å². The summed E-state index contributed by atoms with van der Waals surface area (Å²) in [6, 6.07) is 9.79. The number of amides is 2. The van der Waals surface area contributed by atoms with E-state index in [4.69, 9.17) is 23.2 Å². The van der Waals surface area contributed by atoms with Crippen LogP contribution in [-0.2, 0) is 27.2 Å². The highest BCUT2D eigenvalue weighted by molar-refractivity contribution is 6.42. The van der Waals surface area contributed by atoms with E-state index >= 15 is 0 Å². The van der Waals surface area contributed by atoms with E-state index in [0.717, 1.165) is 5.56 Å². The summed E-state index contributed by atoms with van der Waals surface area (Å²) in [5.41, 5.74) is 1.57. The number of benzene rings is 2. The molecule has 0 radical (unpaired) electrons. The average Bonchev–Trinajstić information content (AvgIpc) is 2.81. The molecule has 0 aliphatic carbocycles. The standard InChI is InChI=1S/C25H27Cl2FN2O4/c26-20-7-3-16(13-21(20)27)4-8-24(32)30-11-9-18(10-12-30)15-23(31)29-22(25(33)34)14-17-1-5-19(28)6-2-17/h1-3,5-7,13,18,22H,4,8-12,14-15H2,(H,29,31)(H,33,34). The van der Waals surface area contributed by atoms with Crippen molar-refractivity contribution in [3.63, 3.8) is 0 Å². The highest BCUT2D eigenvalue weighted by Crippen LogP contribution is 2.24. The molecule has 6 nitrogen and oxygen atoms in total.